The third-order valence-corrected chi connectivity index (χ3v) is 6.67. The van der Waals surface area contributed by atoms with E-state index in [0.29, 0.717) is 17.8 Å². The van der Waals surface area contributed by atoms with Gasteiger partial charge in [-0.1, -0.05) is 0 Å². The molecule has 154 valence electrons. The van der Waals surface area contributed by atoms with E-state index >= 15 is 0 Å². The fourth-order valence-electron chi connectivity index (χ4n) is 5.85. The lowest BCUT2D eigenvalue weighted by atomic mass is 9.53. The predicted octanol–water partition coefficient (Wildman–Crippen LogP) is 2.00. The average Bonchev–Trinajstić information content (AvgIpc) is 3.12. The Morgan fingerprint density at radius 3 is 2.11 bits per heavy atom. The largest absolute Gasteiger partial charge is 0.376 e. The monoisotopic (exact) mass is 394 g/mol. The highest BCUT2D eigenvalue weighted by atomic mass is 16.9. The van der Waals surface area contributed by atoms with Crippen LogP contribution in [-0.4, -0.2) is 48.0 Å². The molecule has 1 amide bonds. The van der Waals surface area contributed by atoms with Gasteiger partial charge in [0.25, 0.3) is 5.91 Å². The number of rotatable bonds is 7. The summed E-state index contributed by atoms with van der Waals surface area (Å²) in [6.45, 7) is 0. The molecule has 28 heavy (non-hydrogen) atoms. The highest BCUT2D eigenvalue weighted by Crippen LogP contribution is 2.58. The lowest BCUT2D eigenvalue weighted by Crippen LogP contribution is -2.53. The summed E-state index contributed by atoms with van der Waals surface area (Å²) in [5, 5.41) is 18.4. The number of carbonyl (C=O) groups excluding carboxylic acids is 1. The Kier molecular flexibility index (Phi) is 4.67. The minimum absolute atomic E-state index is 0.223. The first kappa shape index (κ1) is 19.3. The zero-order valence-electron chi connectivity index (χ0n) is 16.3. The Labute approximate surface area is 162 Å². The van der Waals surface area contributed by atoms with E-state index in [1.54, 1.807) is 4.68 Å². The summed E-state index contributed by atoms with van der Waals surface area (Å²) in [5.74, 6) is 1.15. The van der Waals surface area contributed by atoms with Crippen LogP contribution in [0.2, 0.25) is 0 Å². The molecule has 4 bridgehead atoms. The molecule has 4 aliphatic carbocycles. The normalized spacial score (nSPS) is 31.2. The van der Waals surface area contributed by atoms with E-state index in [1.807, 2.05) is 0 Å². The Morgan fingerprint density at radius 2 is 1.68 bits per heavy atom. The van der Waals surface area contributed by atoms with Crippen molar-refractivity contribution >= 4 is 11.6 Å². The summed E-state index contributed by atoms with van der Waals surface area (Å²) < 4.78 is 16.9. The van der Waals surface area contributed by atoms with Crippen molar-refractivity contribution in [3.8, 4) is 0 Å². The molecule has 0 atom stereocenters. The number of amides is 1. The van der Waals surface area contributed by atoms with Crippen LogP contribution < -0.4 is 5.32 Å². The van der Waals surface area contributed by atoms with E-state index in [2.05, 4.69) is 10.4 Å². The highest BCUT2D eigenvalue weighted by Gasteiger charge is 2.53. The molecule has 4 aliphatic rings. The van der Waals surface area contributed by atoms with Crippen molar-refractivity contribution in [2.45, 2.75) is 50.2 Å². The SMILES string of the molecule is COC(NC(=O)c1nn(C23CC4CC(CC(C4)C2)C3)cc1[N+](=O)[O-])(OC)OC. The lowest BCUT2D eigenvalue weighted by molar-refractivity contribution is -0.385. The van der Waals surface area contributed by atoms with Gasteiger partial charge in [0, 0.05) is 21.3 Å². The van der Waals surface area contributed by atoms with Crippen LogP contribution >= 0.6 is 0 Å². The van der Waals surface area contributed by atoms with Crippen LogP contribution in [0.1, 0.15) is 49.0 Å². The van der Waals surface area contributed by atoms with Gasteiger partial charge < -0.3 is 14.2 Å². The molecule has 10 nitrogen and oxygen atoms in total. The van der Waals surface area contributed by atoms with Gasteiger partial charge in [0.05, 0.1) is 10.5 Å². The molecule has 0 spiro atoms. The van der Waals surface area contributed by atoms with Gasteiger partial charge in [-0.05, 0) is 56.3 Å². The topological polar surface area (TPSA) is 118 Å². The fourth-order valence-corrected chi connectivity index (χ4v) is 5.85. The Hall–Kier alpha value is -2.04. The molecule has 0 radical (unpaired) electrons. The molecule has 10 heteroatoms. The summed E-state index contributed by atoms with van der Waals surface area (Å²) in [5.41, 5.74) is -0.819. The molecule has 4 fully saturated rings. The number of nitrogens with one attached hydrogen (secondary N) is 1. The van der Waals surface area contributed by atoms with Gasteiger partial charge in [0.2, 0.25) is 5.69 Å². The summed E-state index contributed by atoms with van der Waals surface area (Å²) in [4.78, 5) is 23.8. The number of hydrogen-bond donors (Lipinski definition) is 1. The first-order chi connectivity index (χ1) is 13.3. The molecule has 1 aromatic heterocycles. The molecule has 1 aromatic rings. The van der Waals surface area contributed by atoms with Gasteiger partial charge in [-0.2, -0.15) is 5.10 Å². The van der Waals surface area contributed by atoms with Crippen LogP contribution in [-0.2, 0) is 19.7 Å². The first-order valence-electron chi connectivity index (χ1n) is 9.56. The zero-order chi connectivity index (χ0) is 20.1. The van der Waals surface area contributed by atoms with E-state index in [0.717, 1.165) is 19.3 Å². The smallest absolute Gasteiger partial charge is 0.313 e. The number of nitro groups is 1. The Balaban J connectivity index is 1.67. The average molecular weight is 394 g/mol. The third-order valence-electron chi connectivity index (χ3n) is 6.67. The highest BCUT2D eigenvalue weighted by molar-refractivity contribution is 5.96. The van der Waals surface area contributed by atoms with Gasteiger partial charge >= 0.3 is 11.8 Å². The van der Waals surface area contributed by atoms with Gasteiger partial charge in [0.15, 0.2) is 0 Å². The van der Waals surface area contributed by atoms with Crippen molar-refractivity contribution in [2.24, 2.45) is 17.8 Å². The van der Waals surface area contributed by atoms with Gasteiger partial charge in [-0.25, -0.2) is 0 Å². The minimum Gasteiger partial charge on any atom is -0.313 e. The van der Waals surface area contributed by atoms with E-state index in [4.69, 9.17) is 14.2 Å². The van der Waals surface area contributed by atoms with E-state index < -0.39 is 16.9 Å². The number of carbonyl (C=O) groups is 1. The van der Waals surface area contributed by atoms with Gasteiger partial charge in [0.1, 0.15) is 6.20 Å². The van der Waals surface area contributed by atoms with Gasteiger partial charge in [-0.3, -0.25) is 24.9 Å². The van der Waals surface area contributed by atoms with E-state index in [-0.39, 0.29) is 16.9 Å². The quantitative estimate of drug-likeness (QED) is 0.427. The molecule has 0 unspecified atom stereocenters. The summed E-state index contributed by atoms with van der Waals surface area (Å²) >= 11 is 0. The standard InChI is InChI=1S/C18H26N4O6/c1-26-18(27-2,28-3)19-16(23)15-14(22(24)25)10-21(20-15)17-7-11-4-12(8-17)6-13(5-11)9-17/h10-13H,4-9H2,1-3H3,(H,19,23). The maximum Gasteiger partial charge on any atom is 0.376 e. The van der Waals surface area contributed by atoms with Gasteiger partial charge in [-0.15, -0.1) is 0 Å². The number of nitrogens with zero attached hydrogens (tertiary/aromatic N) is 3. The van der Waals surface area contributed by atoms with Crippen molar-refractivity contribution in [1.29, 1.82) is 0 Å². The minimum atomic E-state index is -1.84. The summed E-state index contributed by atoms with van der Waals surface area (Å²) in [6.07, 6.45) is 6.21. The van der Waals surface area contributed by atoms with Crippen molar-refractivity contribution in [2.75, 3.05) is 21.3 Å². The predicted molar refractivity (Wildman–Crippen MR) is 96.3 cm³/mol. The van der Waals surface area contributed by atoms with Crippen LogP contribution in [0.25, 0.3) is 0 Å². The van der Waals surface area contributed by atoms with Crippen LogP contribution in [0.4, 0.5) is 5.69 Å². The summed E-state index contributed by atoms with van der Waals surface area (Å²) in [7, 11) is 3.86. The van der Waals surface area contributed by atoms with Crippen molar-refractivity contribution in [3.63, 3.8) is 0 Å². The third kappa shape index (κ3) is 2.99. The molecular formula is C18H26N4O6. The number of ether oxygens (including phenoxy) is 3. The molecule has 5 rings (SSSR count). The number of aromatic nitrogens is 2. The maximum atomic E-state index is 12.8. The Bertz CT molecular complexity index is 743. The summed E-state index contributed by atoms with van der Waals surface area (Å²) in [6, 6.07) is 0. The maximum absolute atomic E-state index is 12.8. The van der Waals surface area contributed by atoms with Crippen LogP contribution in [0.3, 0.4) is 0 Å². The fraction of sp³-hybridized carbons (Fsp3) is 0.778. The Morgan fingerprint density at radius 1 is 1.18 bits per heavy atom. The second-order valence-corrected chi connectivity index (χ2v) is 8.33. The number of hydrogen-bond acceptors (Lipinski definition) is 7. The van der Waals surface area contributed by atoms with E-state index in [1.165, 1.54) is 46.8 Å². The second-order valence-electron chi connectivity index (χ2n) is 8.33. The first-order valence-corrected chi connectivity index (χ1v) is 9.56. The second kappa shape index (κ2) is 6.78. The molecule has 1 heterocycles. The molecule has 0 aliphatic heterocycles. The van der Waals surface area contributed by atoms with Crippen LogP contribution in [0.15, 0.2) is 6.20 Å². The van der Waals surface area contributed by atoms with Crippen molar-refractivity contribution < 1.29 is 23.9 Å². The van der Waals surface area contributed by atoms with Crippen molar-refractivity contribution in [1.82, 2.24) is 15.1 Å². The van der Waals surface area contributed by atoms with Crippen LogP contribution in [0.5, 0.6) is 0 Å². The molecule has 0 saturated heterocycles. The lowest BCUT2D eigenvalue weighted by Gasteiger charge is -2.56. The van der Waals surface area contributed by atoms with Crippen LogP contribution in [0, 0.1) is 27.9 Å². The zero-order valence-corrected chi connectivity index (χ0v) is 16.3. The van der Waals surface area contributed by atoms with Crippen molar-refractivity contribution in [3.05, 3.63) is 22.0 Å². The molecule has 4 saturated carbocycles. The molecule has 1 N–H and O–H groups in total. The molecular weight excluding hydrogens is 368 g/mol. The molecule has 0 aromatic carbocycles. The van der Waals surface area contributed by atoms with E-state index in [9.17, 15) is 14.9 Å². The number of methoxy groups -OCH3 is 3.